The third-order valence-electron chi connectivity index (χ3n) is 1.73. The minimum Gasteiger partial charge on any atom is -0.489 e. The van der Waals surface area contributed by atoms with Gasteiger partial charge in [0, 0.05) is 0 Å². The van der Waals surface area contributed by atoms with E-state index in [9.17, 15) is 0 Å². The van der Waals surface area contributed by atoms with E-state index >= 15 is 0 Å². The minimum atomic E-state index is 0.604. The lowest BCUT2D eigenvalue weighted by Gasteiger charge is -2.05. The van der Waals surface area contributed by atoms with Crippen molar-refractivity contribution >= 4 is 0 Å². The highest BCUT2D eigenvalue weighted by Gasteiger charge is 1.92. The zero-order chi connectivity index (χ0) is 9.52. The molecule has 0 saturated carbocycles. The fourth-order valence-corrected chi connectivity index (χ4v) is 1.00. The van der Waals surface area contributed by atoms with Gasteiger partial charge in [-0.2, -0.15) is 0 Å². The van der Waals surface area contributed by atoms with E-state index < -0.39 is 0 Å². The van der Waals surface area contributed by atoms with E-state index in [1.165, 1.54) is 5.56 Å². The molecule has 0 amide bonds. The first-order valence-electron chi connectivity index (χ1n) is 4.32. The summed E-state index contributed by atoms with van der Waals surface area (Å²) in [6, 6.07) is 10.1. The number of hydrogen-bond donors (Lipinski definition) is 0. The zero-order valence-electron chi connectivity index (χ0n) is 7.86. The maximum Gasteiger partial charge on any atom is 0.114 e. The summed E-state index contributed by atoms with van der Waals surface area (Å²) in [5.74, 6) is 0.823. The molecule has 0 N–H and O–H groups in total. The molecule has 0 atom stereocenters. The average Bonchev–Trinajstić information content (AvgIpc) is 2.21. The lowest BCUT2D eigenvalue weighted by atomic mass is 10.2. The summed E-state index contributed by atoms with van der Waals surface area (Å²) in [5.41, 5.74) is 1.17. The Balaban J connectivity index is 2.48. The molecule has 68 valence electrons. The first kappa shape index (κ1) is 9.59. The van der Waals surface area contributed by atoms with Crippen LogP contribution >= 0.6 is 0 Å². The van der Waals surface area contributed by atoms with Crippen molar-refractivity contribution < 1.29 is 4.74 Å². The van der Waals surface area contributed by atoms with Crippen LogP contribution in [0.1, 0.15) is 12.5 Å². The van der Waals surface area contributed by atoms with Gasteiger partial charge in [-0.05, 0) is 24.6 Å². The number of benzene rings is 1. The van der Waals surface area contributed by atoms with Crippen LogP contribution in [0.2, 0.25) is 0 Å². The molecule has 0 bridgehead atoms. The lowest BCUT2D eigenvalue weighted by molar-refractivity contribution is 0.211. The first-order chi connectivity index (χ1) is 6.36. The molecule has 1 heteroatoms. The van der Waals surface area contributed by atoms with Crippen LogP contribution in [-0.2, 0) is 11.3 Å². The van der Waals surface area contributed by atoms with Gasteiger partial charge in [0.2, 0.25) is 0 Å². The van der Waals surface area contributed by atoms with Gasteiger partial charge in [-0.3, -0.25) is 0 Å². The highest BCUT2D eigenvalue weighted by Crippen LogP contribution is 2.05. The van der Waals surface area contributed by atoms with Crippen LogP contribution in [0.3, 0.4) is 0 Å². The van der Waals surface area contributed by atoms with Crippen LogP contribution in [0, 0.1) is 0 Å². The van der Waals surface area contributed by atoms with Crippen molar-refractivity contribution in [3.63, 3.8) is 0 Å². The summed E-state index contributed by atoms with van der Waals surface area (Å²) in [5, 5.41) is 0. The highest BCUT2D eigenvalue weighted by atomic mass is 16.5. The van der Waals surface area contributed by atoms with Crippen LogP contribution in [0.25, 0.3) is 0 Å². The molecule has 0 aliphatic heterocycles. The van der Waals surface area contributed by atoms with E-state index in [0.717, 1.165) is 5.76 Å². The second kappa shape index (κ2) is 5.20. The molecule has 13 heavy (non-hydrogen) atoms. The molecule has 1 rings (SSSR count). The molecule has 0 fully saturated rings. The Morgan fingerprint density at radius 3 is 2.62 bits per heavy atom. The largest absolute Gasteiger partial charge is 0.489 e. The van der Waals surface area contributed by atoms with Crippen molar-refractivity contribution in [1.82, 2.24) is 0 Å². The van der Waals surface area contributed by atoms with Gasteiger partial charge < -0.3 is 4.74 Å². The molecule has 1 aromatic rings. The van der Waals surface area contributed by atoms with Crippen LogP contribution in [0.15, 0.2) is 54.8 Å². The molecule has 0 aliphatic rings. The second-order valence-electron chi connectivity index (χ2n) is 2.67. The smallest absolute Gasteiger partial charge is 0.114 e. The monoisotopic (exact) mass is 174 g/mol. The number of ether oxygens (including phenoxy) is 1. The molecular weight excluding hydrogens is 160 g/mol. The minimum absolute atomic E-state index is 0.604. The summed E-state index contributed by atoms with van der Waals surface area (Å²) in [7, 11) is 0. The molecule has 0 saturated heterocycles. The molecule has 1 nitrogen and oxygen atoms in total. The molecule has 0 aliphatic carbocycles. The van der Waals surface area contributed by atoms with Crippen molar-refractivity contribution in [2.75, 3.05) is 0 Å². The second-order valence-corrected chi connectivity index (χ2v) is 2.67. The van der Waals surface area contributed by atoms with Crippen molar-refractivity contribution in [1.29, 1.82) is 0 Å². The topological polar surface area (TPSA) is 9.23 Å². The van der Waals surface area contributed by atoms with Crippen molar-refractivity contribution in [2.24, 2.45) is 0 Å². The van der Waals surface area contributed by atoms with Crippen LogP contribution in [-0.4, -0.2) is 0 Å². The van der Waals surface area contributed by atoms with E-state index in [1.54, 1.807) is 6.08 Å². The predicted octanol–water partition coefficient (Wildman–Crippen LogP) is 3.29. The summed E-state index contributed by atoms with van der Waals surface area (Å²) in [6.45, 7) is 6.19. The van der Waals surface area contributed by atoms with Gasteiger partial charge in [-0.1, -0.05) is 36.9 Å². The van der Waals surface area contributed by atoms with Crippen LogP contribution in [0.4, 0.5) is 0 Å². The number of hydrogen-bond acceptors (Lipinski definition) is 1. The van der Waals surface area contributed by atoms with E-state index in [4.69, 9.17) is 4.74 Å². The lowest BCUT2D eigenvalue weighted by Crippen LogP contribution is -1.90. The van der Waals surface area contributed by atoms with Gasteiger partial charge in [0.05, 0.1) is 0 Å². The molecular formula is C12H14O. The summed E-state index contributed by atoms with van der Waals surface area (Å²) in [4.78, 5) is 0. The third kappa shape index (κ3) is 3.16. The van der Waals surface area contributed by atoms with Gasteiger partial charge in [-0.15, -0.1) is 0 Å². The highest BCUT2D eigenvalue weighted by molar-refractivity contribution is 5.15. The van der Waals surface area contributed by atoms with Gasteiger partial charge in [0.1, 0.15) is 12.4 Å². The molecule has 0 heterocycles. The van der Waals surface area contributed by atoms with Gasteiger partial charge in [0.25, 0.3) is 0 Å². The SMILES string of the molecule is C=CC(=CC)OCc1ccccc1. The van der Waals surface area contributed by atoms with E-state index in [2.05, 4.69) is 6.58 Å². The zero-order valence-corrected chi connectivity index (χ0v) is 7.86. The van der Waals surface area contributed by atoms with Gasteiger partial charge in [0.15, 0.2) is 0 Å². The van der Waals surface area contributed by atoms with E-state index in [1.807, 2.05) is 43.3 Å². The summed E-state index contributed by atoms with van der Waals surface area (Å²) < 4.78 is 5.47. The fourth-order valence-electron chi connectivity index (χ4n) is 1.00. The quantitative estimate of drug-likeness (QED) is 0.502. The van der Waals surface area contributed by atoms with Crippen LogP contribution < -0.4 is 0 Å². The van der Waals surface area contributed by atoms with Gasteiger partial charge >= 0.3 is 0 Å². The number of allylic oxidation sites excluding steroid dienone is 2. The predicted molar refractivity (Wildman–Crippen MR) is 55.2 cm³/mol. The first-order valence-corrected chi connectivity index (χ1v) is 4.32. The third-order valence-corrected chi connectivity index (χ3v) is 1.73. The maximum atomic E-state index is 5.47. The molecule has 0 aromatic heterocycles. The fraction of sp³-hybridized carbons (Fsp3) is 0.167. The Morgan fingerprint density at radius 2 is 2.08 bits per heavy atom. The molecule has 0 unspecified atom stereocenters. The molecule has 0 radical (unpaired) electrons. The normalized spacial score (nSPS) is 11.0. The number of rotatable bonds is 4. The van der Waals surface area contributed by atoms with Crippen molar-refractivity contribution in [3.05, 3.63) is 60.4 Å². The molecule has 1 aromatic carbocycles. The van der Waals surface area contributed by atoms with Crippen molar-refractivity contribution in [2.45, 2.75) is 13.5 Å². The Hall–Kier alpha value is -1.50. The Kier molecular flexibility index (Phi) is 3.83. The molecule has 0 spiro atoms. The maximum absolute atomic E-state index is 5.47. The average molecular weight is 174 g/mol. The van der Waals surface area contributed by atoms with E-state index in [0.29, 0.717) is 6.61 Å². The van der Waals surface area contributed by atoms with Crippen LogP contribution in [0.5, 0.6) is 0 Å². The van der Waals surface area contributed by atoms with Crippen molar-refractivity contribution in [3.8, 4) is 0 Å². The van der Waals surface area contributed by atoms with E-state index in [-0.39, 0.29) is 0 Å². The Morgan fingerprint density at radius 1 is 1.38 bits per heavy atom. The Labute approximate surface area is 79.4 Å². The standard InChI is InChI=1S/C12H14O/c1-3-12(4-2)13-10-11-8-6-5-7-9-11/h3-9H,1,10H2,2H3. The van der Waals surface area contributed by atoms with Gasteiger partial charge in [-0.25, -0.2) is 0 Å². The Bertz CT molecular complexity index is 285. The summed E-state index contributed by atoms with van der Waals surface area (Å²) >= 11 is 0. The summed E-state index contributed by atoms with van der Waals surface area (Å²) in [6.07, 6.45) is 3.61.